The van der Waals surface area contributed by atoms with Gasteiger partial charge >= 0.3 is 0 Å². The molecule has 0 aromatic heterocycles. The van der Waals surface area contributed by atoms with E-state index < -0.39 is 0 Å². The Morgan fingerprint density at radius 3 is 1.78 bits per heavy atom. The first-order valence-corrected chi connectivity index (χ1v) is 2.97. The highest BCUT2D eigenvalue weighted by Gasteiger charge is 2.24. The monoisotopic (exact) mass is 116 g/mol. The van der Waals surface area contributed by atoms with Gasteiger partial charge in [0.05, 0.1) is 0 Å². The summed E-state index contributed by atoms with van der Waals surface area (Å²) >= 11 is 0. The van der Waals surface area contributed by atoms with Crippen molar-refractivity contribution in [1.29, 1.82) is 0 Å². The Balaban J connectivity index is 2.46. The molecule has 0 fully saturated rings. The lowest BCUT2D eigenvalue weighted by Gasteiger charge is -2.06. The first-order chi connectivity index (χ1) is 4.42. The van der Waals surface area contributed by atoms with E-state index in [-0.39, 0.29) is 0 Å². The average Bonchev–Trinajstić information content (AvgIpc) is 2.20. The van der Waals surface area contributed by atoms with Crippen molar-refractivity contribution in [2.24, 2.45) is 0 Å². The average molecular weight is 116 g/mol. The van der Waals surface area contributed by atoms with Crippen LogP contribution in [-0.4, -0.2) is 0 Å². The van der Waals surface area contributed by atoms with Crippen molar-refractivity contribution in [2.75, 3.05) is 0 Å². The van der Waals surface area contributed by atoms with Crippen LogP contribution in [0.2, 0.25) is 0 Å². The molecule has 0 aromatic carbocycles. The van der Waals surface area contributed by atoms with Crippen LogP contribution in [0.3, 0.4) is 0 Å². The third kappa shape index (κ3) is 0.296. The molecule has 2 aliphatic carbocycles. The van der Waals surface area contributed by atoms with E-state index in [1.54, 1.807) is 0 Å². The van der Waals surface area contributed by atoms with E-state index >= 15 is 0 Å². The summed E-state index contributed by atoms with van der Waals surface area (Å²) in [5, 5.41) is 0. The van der Waals surface area contributed by atoms with Gasteiger partial charge < -0.3 is 4.74 Å². The summed E-state index contributed by atoms with van der Waals surface area (Å²) in [6.07, 6.45) is 8.23. The number of ether oxygens (including phenoxy) is 1. The van der Waals surface area contributed by atoms with Crippen molar-refractivity contribution >= 4 is 0 Å². The minimum absolute atomic E-state index is 1.00. The van der Waals surface area contributed by atoms with Gasteiger partial charge in [-0.15, -0.1) is 0 Å². The van der Waals surface area contributed by atoms with Gasteiger partial charge in [0, 0.05) is 0 Å². The summed E-state index contributed by atoms with van der Waals surface area (Å²) in [7, 11) is 0. The fourth-order valence-corrected chi connectivity index (χ4v) is 1.37. The molecule has 0 amide bonds. The van der Waals surface area contributed by atoms with Gasteiger partial charge in [-0.05, 0) is 35.5 Å². The van der Waals surface area contributed by atoms with Gasteiger partial charge in [0.15, 0.2) is 0 Å². The van der Waals surface area contributed by atoms with Crippen molar-refractivity contribution < 1.29 is 4.74 Å². The fourth-order valence-electron chi connectivity index (χ4n) is 1.37. The van der Waals surface area contributed by atoms with Crippen LogP contribution in [-0.2, 0) is 4.74 Å². The van der Waals surface area contributed by atoms with Gasteiger partial charge in [0.25, 0.3) is 0 Å². The molecule has 0 spiro atoms. The van der Waals surface area contributed by atoms with Crippen LogP contribution < -0.4 is 0 Å². The molecule has 0 radical (unpaired) electrons. The van der Waals surface area contributed by atoms with Gasteiger partial charge in [0.2, 0.25) is 0 Å². The first-order valence-electron chi connectivity index (χ1n) is 2.97. The maximum Gasteiger partial charge on any atom is 0.128 e. The molecule has 0 atom stereocenters. The second-order valence-corrected chi connectivity index (χ2v) is 2.39. The van der Waals surface area contributed by atoms with Crippen molar-refractivity contribution in [3.63, 3.8) is 0 Å². The molecule has 0 saturated heterocycles. The molecule has 4 rings (SSSR count). The first kappa shape index (κ1) is 3.72. The third-order valence-corrected chi connectivity index (χ3v) is 1.76. The Bertz CT molecular complexity index is 281. The second-order valence-electron chi connectivity index (χ2n) is 2.39. The maximum atomic E-state index is 5.31. The van der Waals surface area contributed by atoms with E-state index in [2.05, 4.69) is 24.3 Å². The van der Waals surface area contributed by atoms with Gasteiger partial charge in [0.1, 0.15) is 11.5 Å². The zero-order valence-corrected chi connectivity index (χ0v) is 4.72. The highest BCUT2D eigenvalue weighted by atomic mass is 16.5. The smallest absolute Gasteiger partial charge is 0.128 e. The highest BCUT2D eigenvalue weighted by molar-refractivity contribution is 5.66. The molecular formula is C8H4O. The molecule has 9 heavy (non-hydrogen) atoms. The molecule has 0 aromatic rings. The van der Waals surface area contributed by atoms with Gasteiger partial charge in [-0.3, -0.25) is 0 Å². The summed E-state index contributed by atoms with van der Waals surface area (Å²) in [5.41, 5.74) is 2.62. The lowest BCUT2D eigenvalue weighted by Crippen LogP contribution is -1.89. The van der Waals surface area contributed by atoms with Crippen LogP contribution in [0.4, 0.5) is 0 Å². The van der Waals surface area contributed by atoms with Crippen LogP contribution in [0.25, 0.3) is 0 Å². The number of rotatable bonds is 0. The topological polar surface area (TPSA) is 9.23 Å². The highest BCUT2D eigenvalue weighted by Crippen LogP contribution is 2.39. The van der Waals surface area contributed by atoms with Gasteiger partial charge in [-0.2, -0.15) is 0 Å². The summed E-state index contributed by atoms with van der Waals surface area (Å²) in [5.74, 6) is 2.00. The Morgan fingerprint density at radius 1 is 0.778 bits per heavy atom. The Kier molecular flexibility index (Phi) is 0.374. The molecule has 2 aliphatic heterocycles. The predicted octanol–water partition coefficient (Wildman–Crippen LogP) is 1.66. The minimum Gasteiger partial charge on any atom is -0.457 e. The number of hydrogen-bond donors (Lipinski definition) is 0. The van der Waals surface area contributed by atoms with E-state index in [0.717, 1.165) is 11.5 Å². The molecule has 1 heteroatoms. The lowest BCUT2D eigenvalue weighted by atomic mass is 10.2. The fraction of sp³-hybridized carbons (Fsp3) is 0. The molecule has 42 valence electrons. The van der Waals surface area contributed by atoms with Crippen LogP contribution in [0, 0.1) is 0 Å². The standard InChI is InChI=1S/C8H4O/c1-5-2-8-4-6(5)3-7(1)9-8/h1-4H. The van der Waals surface area contributed by atoms with Crippen LogP contribution in [0.1, 0.15) is 0 Å². The zero-order valence-electron chi connectivity index (χ0n) is 4.72. The zero-order chi connectivity index (χ0) is 5.84. The van der Waals surface area contributed by atoms with E-state index in [9.17, 15) is 0 Å². The maximum absolute atomic E-state index is 5.31. The molecule has 1 nitrogen and oxygen atoms in total. The van der Waals surface area contributed by atoms with Crippen molar-refractivity contribution in [1.82, 2.24) is 0 Å². The molecular weight excluding hydrogens is 112 g/mol. The summed E-state index contributed by atoms with van der Waals surface area (Å²) in [4.78, 5) is 0. The Morgan fingerprint density at radius 2 is 1.33 bits per heavy atom. The predicted molar refractivity (Wildman–Crippen MR) is 33.4 cm³/mol. The minimum atomic E-state index is 1.00. The van der Waals surface area contributed by atoms with E-state index in [0.29, 0.717) is 0 Å². The summed E-state index contributed by atoms with van der Waals surface area (Å²) in [6, 6.07) is 0. The van der Waals surface area contributed by atoms with E-state index in [4.69, 9.17) is 4.74 Å². The van der Waals surface area contributed by atoms with Crippen molar-refractivity contribution in [3.05, 3.63) is 47.0 Å². The van der Waals surface area contributed by atoms with E-state index in [1.807, 2.05) is 0 Å². The Labute approximate surface area is 52.6 Å². The largest absolute Gasteiger partial charge is 0.457 e. The SMILES string of the molecule is C1=C2C=C3C=C(C=C13)O2. The molecule has 0 N–H and O–H groups in total. The normalized spacial score (nSPS) is 24.9. The molecule has 0 saturated carbocycles. The Hall–Kier alpha value is -1.24. The van der Waals surface area contributed by atoms with Crippen molar-refractivity contribution in [2.45, 2.75) is 0 Å². The van der Waals surface area contributed by atoms with Gasteiger partial charge in [-0.1, -0.05) is 0 Å². The number of allylic oxidation sites excluding steroid dienone is 6. The van der Waals surface area contributed by atoms with Crippen LogP contribution in [0.15, 0.2) is 47.0 Å². The summed E-state index contributed by atoms with van der Waals surface area (Å²) in [6.45, 7) is 0. The van der Waals surface area contributed by atoms with Crippen molar-refractivity contribution in [3.8, 4) is 0 Å². The second kappa shape index (κ2) is 0.903. The van der Waals surface area contributed by atoms with Crippen LogP contribution >= 0.6 is 0 Å². The number of hydrogen-bond acceptors (Lipinski definition) is 1. The van der Waals surface area contributed by atoms with Crippen LogP contribution in [0.5, 0.6) is 0 Å². The molecule has 0 unspecified atom stereocenters. The summed E-state index contributed by atoms with van der Waals surface area (Å²) < 4.78 is 5.31. The van der Waals surface area contributed by atoms with E-state index in [1.165, 1.54) is 11.1 Å². The van der Waals surface area contributed by atoms with Gasteiger partial charge in [-0.25, -0.2) is 0 Å². The quantitative estimate of drug-likeness (QED) is 0.467. The molecule has 2 heterocycles. The molecule has 4 aliphatic rings. The lowest BCUT2D eigenvalue weighted by molar-refractivity contribution is 0.333. The molecule has 4 bridgehead atoms. The third-order valence-electron chi connectivity index (χ3n) is 1.76.